The number of rotatable bonds is 3. The van der Waals surface area contributed by atoms with Crippen molar-refractivity contribution in [1.82, 2.24) is 14.5 Å². The van der Waals surface area contributed by atoms with Crippen LogP contribution in [0, 0.1) is 13.8 Å². The van der Waals surface area contributed by atoms with E-state index in [-0.39, 0.29) is 23.8 Å². The van der Waals surface area contributed by atoms with Crippen LogP contribution in [0.2, 0.25) is 0 Å². The zero-order valence-electron chi connectivity index (χ0n) is 16.8. The Morgan fingerprint density at radius 2 is 2.03 bits per heavy atom. The Morgan fingerprint density at radius 1 is 1.27 bits per heavy atom. The number of halogens is 3. The van der Waals surface area contributed by atoms with Crippen LogP contribution in [0.25, 0.3) is 10.3 Å². The van der Waals surface area contributed by atoms with E-state index in [2.05, 4.69) is 14.9 Å². The largest absolute Gasteiger partial charge is 0.416 e. The van der Waals surface area contributed by atoms with Gasteiger partial charge < -0.3 is 14.2 Å². The first-order chi connectivity index (χ1) is 14.1. The van der Waals surface area contributed by atoms with Gasteiger partial charge in [0.15, 0.2) is 10.8 Å². The van der Waals surface area contributed by atoms with Gasteiger partial charge in [-0.25, -0.2) is 4.98 Å². The number of nitrogens with zero attached hydrogens (tertiary/aromatic N) is 4. The molecular formula is C20H21F3N4O2S. The molecule has 6 nitrogen and oxygen atoms in total. The molecule has 0 radical (unpaired) electrons. The molecular weight excluding hydrogens is 417 g/mol. The lowest BCUT2D eigenvalue weighted by Crippen LogP contribution is -2.41. The Hall–Kier alpha value is -2.46. The highest BCUT2D eigenvalue weighted by molar-refractivity contribution is 7.22. The van der Waals surface area contributed by atoms with Gasteiger partial charge in [-0.1, -0.05) is 23.5 Å². The molecule has 30 heavy (non-hydrogen) atoms. The molecule has 0 spiro atoms. The molecule has 1 aliphatic rings. The minimum absolute atomic E-state index is 0.0530. The van der Waals surface area contributed by atoms with E-state index < -0.39 is 11.7 Å². The summed E-state index contributed by atoms with van der Waals surface area (Å²) in [5.41, 5.74) is 0.0835. The summed E-state index contributed by atoms with van der Waals surface area (Å²) in [5, 5.41) is 0.694. The number of benzene rings is 1. The van der Waals surface area contributed by atoms with Crippen molar-refractivity contribution < 1.29 is 17.9 Å². The van der Waals surface area contributed by atoms with Crippen molar-refractivity contribution in [3.05, 3.63) is 51.1 Å². The Kier molecular flexibility index (Phi) is 5.31. The fourth-order valence-electron chi connectivity index (χ4n) is 3.68. The second-order valence-corrected chi connectivity index (χ2v) is 8.39. The molecule has 0 bridgehead atoms. The van der Waals surface area contributed by atoms with Crippen LogP contribution in [-0.4, -0.2) is 40.3 Å². The molecule has 160 valence electrons. The van der Waals surface area contributed by atoms with Crippen LogP contribution < -0.4 is 10.5 Å². The molecule has 1 aliphatic heterocycles. The molecule has 1 unspecified atom stereocenters. The first-order valence-corrected chi connectivity index (χ1v) is 10.4. The van der Waals surface area contributed by atoms with Crippen molar-refractivity contribution in [2.24, 2.45) is 0 Å². The van der Waals surface area contributed by atoms with Crippen molar-refractivity contribution in [1.29, 1.82) is 0 Å². The third kappa shape index (κ3) is 3.81. The number of aromatic nitrogens is 3. The number of hydrogen-bond acceptors (Lipinski definition) is 6. The van der Waals surface area contributed by atoms with Crippen LogP contribution in [0.15, 0.2) is 23.0 Å². The van der Waals surface area contributed by atoms with Crippen LogP contribution in [-0.2, 0) is 17.5 Å². The van der Waals surface area contributed by atoms with Crippen LogP contribution in [0.5, 0.6) is 0 Å². The molecule has 1 saturated heterocycles. The molecule has 1 fully saturated rings. The molecule has 10 heteroatoms. The Bertz CT molecular complexity index is 1160. The summed E-state index contributed by atoms with van der Waals surface area (Å²) in [4.78, 5) is 23.3. The first-order valence-electron chi connectivity index (χ1n) is 9.55. The number of ether oxygens (including phenoxy) is 1. The Labute approximate surface area is 174 Å². The minimum atomic E-state index is -4.42. The van der Waals surface area contributed by atoms with Gasteiger partial charge in [0.1, 0.15) is 10.5 Å². The molecule has 0 amide bonds. The van der Waals surface area contributed by atoms with Gasteiger partial charge in [-0.15, -0.1) is 0 Å². The number of aryl methyl sites for hydroxylation is 1. The number of alkyl halides is 3. The van der Waals surface area contributed by atoms with Crippen molar-refractivity contribution in [3.8, 4) is 0 Å². The van der Waals surface area contributed by atoms with Crippen LogP contribution >= 0.6 is 11.3 Å². The number of hydrogen-bond donors (Lipinski definition) is 0. The summed E-state index contributed by atoms with van der Waals surface area (Å²) < 4.78 is 47.6. The van der Waals surface area contributed by atoms with Gasteiger partial charge in [0.05, 0.1) is 24.8 Å². The number of morpholine rings is 1. The lowest BCUT2D eigenvalue weighted by atomic mass is 10.0. The zero-order valence-corrected chi connectivity index (χ0v) is 17.6. The van der Waals surface area contributed by atoms with E-state index in [1.807, 2.05) is 6.92 Å². The van der Waals surface area contributed by atoms with E-state index in [1.165, 1.54) is 24.3 Å². The van der Waals surface area contributed by atoms with Gasteiger partial charge in [0.25, 0.3) is 5.56 Å². The second-order valence-electron chi connectivity index (χ2n) is 7.41. The fraction of sp³-hybridized carbons (Fsp3) is 0.450. The molecule has 4 rings (SSSR count). The van der Waals surface area contributed by atoms with E-state index in [9.17, 15) is 18.0 Å². The highest BCUT2D eigenvalue weighted by Crippen LogP contribution is 2.34. The van der Waals surface area contributed by atoms with Crippen LogP contribution in [0.4, 0.5) is 18.3 Å². The first kappa shape index (κ1) is 20.8. The van der Waals surface area contributed by atoms with E-state index in [0.29, 0.717) is 46.6 Å². The fourth-order valence-corrected chi connectivity index (χ4v) is 4.67. The third-order valence-corrected chi connectivity index (χ3v) is 6.39. The molecule has 1 atom stereocenters. The average molecular weight is 438 g/mol. The average Bonchev–Trinajstić information content (AvgIpc) is 3.11. The third-order valence-electron chi connectivity index (χ3n) is 5.29. The van der Waals surface area contributed by atoms with E-state index in [1.54, 1.807) is 17.6 Å². The highest BCUT2D eigenvalue weighted by Gasteiger charge is 2.33. The summed E-state index contributed by atoms with van der Waals surface area (Å²) in [6.07, 6.45) is -4.37. The minimum Gasteiger partial charge on any atom is -0.375 e. The van der Waals surface area contributed by atoms with Crippen molar-refractivity contribution in [2.45, 2.75) is 39.6 Å². The zero-order chi connectivity index (χ0) is 21.6. The van der Waals surface area contributed by atoms with E-state index in [0.717, 1.165) is 6.07 Å². The van der Waals surface area contributed by atoms with Crippen LogP contribution in [0.1, 0.15) is 29.4 Å². The predicted molar refractivity (Wildman–Crippen MR) is 109 cm³/mol. The second kappa shape index (κ2) is 7.66. The van der Waals surface area contributed by atoms with Gasteiger partial charge in [-0.2, -0.15) is 18.2 Å². The van der Waals surface area contributed by atoms with E-state index >= 15 is 0 Å². The summed E-state index contributed by atoms with van der Waals surface area (Å²) >= 11 is 1.26. The summed E-state index contributed by atoms with van der Waals surface area (Å²) in [7, 11) is 0. The molecule has 1 aromatic carbocycles. The SMILES string of the molecule is Cc1c(Cn2c(C)nc(=O)c3sc(N4CCOC(C)C4)nc32)cccc1C(F)(F)F. The topological polar surface area (TPSA) is 60.2 Å². The van der Waals surface area contributed by atoms with Crippen LogP contribution in [0.3, 0.4) is 0 Å². The van der Waals surface area contributed by atoms with E-state index in [4.69, 9.17) is 4.74 Å². The normalized spacial score (nSPS) is 17.7. The Balaban J connectivity index is 1.79. The predicted octanol–water partition coefficient (Wildman–Crippen LogP) is 3.76. The van der Waals surface area contributed by atoms with Gasteiger partial charge >= 0.3 is 6.18 Å². The highest BCUT2D eigenvalue weighted by atomic mass is 32.1. The maximum atomic E-state index is 13.3. The molecule has 0 aliphatic carbocycles. The van der Waals surface area contributed by atoms with Crippen molar-refractivity contribution >= 4 is 26.8 Å². The van der Waals surface area contributed by atoms with Crippen molar-refractivity contribution in [2.75, 3.05) is 24.6 Å². The lowest BCUT2D eigenvalue weighted by Gasteiger charge is -2.30. The summed E-state index contributed by atoms with van der Waals surface area (Å²) in [6.45, 7) is 7.14. The molecule has 3 aromatic rings. The maximum absolute atomic E-state index is 13.3. The van der Waals surface area contributed by atoms with Gasteiger partial charge in [-0.05, 0) is 38.0 Å². The summed E-state index contributed by atoms with van der Waals surface area (Å²) in [6, 6.07) is 4.13. The maximum Gasteiger partial charge on any atom is 0.416 e. The Morgan fingerprint density at radius 3 is 2.73 bits per heavy atom. The molecule has 2 aromatic heterocycles. The summed E-state index contributed by atoms with van der Waals surface area (Å²) in [5.74, 6) is 0.413. The molecule has 0 saturated carbocycles. The number of fused-ring (bicyclic) bond motifs is 1. The lowest BCUT2D eigenvalue weighted by molar-refractivity contribution is -0.138. The quantitative estimate of drug-likeness (QED) is 0.623. The van der Waals surface area contributed by atoms with Gasteiger partial charge in [-0.3, -0.25) is 4.79 Å². The molecule has 0 N–H and O–H groups in total. The smallest absolute Gasteiger partial charge is 0.375 e. The number of anilines is 1. The number of thiazole rings is 1. The standard InChI is InChI=1S/C20H21F3N4O2S/c1-11-9-26(7-8-29-11)19-25-17-16(30-19)18(28)24-13(3)27(17)10-14-5-4-6-15(12(14)2)20(21,22)23/h4-6,11H,7-10H2,1-3H3. The van der Waals surface area contributed by atoms with Gasteiger partial charge in [0.2, 0.25) is 0 Å². The van der Waals surface area contributed by atoms with Crippen molar-refractivity contribution in [3.63, 3.8) is 0 Å². The van der Waals surface area contributed by atoms with Gasteiger partial charge in [0, 0.05) is 13.1 Å². The molecule has 3 heterocycles. The monoisotopic (exact) mass is 438 g/mol.